The monoisotopic (exact) mass is 759 g/mol. The van der Waals surface area contributed by atoms with Crippen molar-refractivity contribution >= 4 is 17.1 Å². The van der Waals surface area contributed by atoms with Crippen LogP contribution in [0.5, 0.6) is 0 Å². The van der Waals surface area contributed by atoms with E-state index in [1.165, 1.54) is 75.3 Å². The first-order chi connectivity index (χ1) is 26.8. The van der Waals surface area contributed by atoms with Crippen LogP contribution in [0, 0.1) is 57.2 Å². The highest BCUT2D eigenvalue weighted by molar-refractivity contribution is 5.73. The molecule has 56 heavy (non-hydrogen) atoms. The minimum Gasteiger partial charge on any atom is -0.481 e. The maximum atomic E-state index is 10.2. The van der Waals surface area contributed by atoms with Gasteiger partial charge in [0.1, 0.15) is 0 Å². The Morgan fingerprint density at radius 1 is 0.589 bits per heavy atom. The number of rotatable bonds is 2. The smallest absolute Gasteiger partial charge is 0.300 e. The number of fused-ring (bicyclic) bond motifs is 10. The molecule has 0 amide bonds. The van der Waals surface area contributed by atoms with Gasteiger partial charge in [-0.1, -0.05) is 75.3 Å². The van der Waals surface area contributed by atoms with E-state index in [1.54, 1.807) is 22.3 Å². The lowest BCUT2D eigenvalue weighted by Gasteiger charge is -2.57. The van der Waals surface area contributed by atoms with Crippen molar-refractivity contribution in [1.29, 1.82) is 0 Å². The summed E-state index contributed by atoms with van der Waals surface area (Å²) in [4.78, 5) is 17.8. The molecule has 2 heterocycles. The molecule has 300 valence electrons. The van der Waals surface area contributed by atoms with E-state index in [-0.39, 0.29) is 12.2 Å². The highest BCUT2D eigenvalue weighted by atomic mass is 16.4. The second-order valence-electron chi connectivity index (χ2n) is 19.9. The third-order valence-electron chi connectivity index (χ3n) is 17.3. The summed E-state index contributed by atoms with van der Waals surface area (Å²) in [6, 6.07) is 8.62. The molecule has 2 aromatic heterocycles. The average Bonchev–Trinajstić information content (AvgIpc) is 3.73. The number of pyridine rings is 2. The number of carboxylic acids is 1. The predicted molar refractivity (Wildman–Crippen MR) is 224 cm³/mol. The van der Waals surface area contributed by atoms with Crippen LogP contribution in [0.3, 0.4) is 0 Å². The minimum absolute atomic E-state index is 0.106. The lowest BCUT2D eigenvalue weighted by molar-refractivity contribution is -0.134. The van der Waals surface area contributed by atoms with E-state index in [0.29, 0.717) is 21.7 Å². The van der Waals surface area contributed by atoms with Crippen molar-refractivity contribution in [2.45, 2.75) is 137 Å². The molecule has 0 unspecified atom stereocenters. The SMILES string of the molecule is CC(=O)O.C[C@]12CC[C@H](O)CC1=CC[C@@H]1[C@@H]2CC[C@]2(C)C(c3cccnc3)=CC[C@@H]12.C[C@]12CC[C@H](O)CC1=CC[C@@H]1[C@@H]2CC[C@]2(C)C(c3cccnc3)=CC[C@@H]12. The molecular weight excluding hydrogens is 693 g/mol. The fraction of sp³-hybridized carbons (Fsp3) is 0.620. The number of nitrogens with zero attached hydrogens (tertiary/aromatic N) is 2. The highest BCUT2D eigenvalue weighted by Gasteiger charge is 2.58. The van der Waals surface area contributed by atoms with Crippen LogP contribution in [0.2, 0.25) is 0 Å². The van der Waals surface area contributed by atoms with Crippen LogP contribution in [0.25, 0.3) is 11.1 Å². The average molecular weight is 759 g/mol. The lowest BCUT2D eigenvalue weighted by atomic mass is 9.47. The van der Waals surface area contributed by atoms with Gasteiger partial charge in [0.2, 0.25) is 0 Å². The van der Waals surface area contributed by atoms with E-state index in [1.807, 2.05) is 24.8 Å². The van der Waals surface area contributed by atoms with E-state index in [2.05, 4.69) is 86.2 Å². The Balaban J connectivity index is 0.000000144. The number of carboxylic acid groups (broad SMARTS) is 1. The van der Waals surface area contributed by atoms with Gasteiger partial charge in [0.05, 0.1) is 12.2 Å². The molecule has 0 aliphatic heterocycles. The van der Waals surface area contributed by atoms with Gasteiger partial charge >= 0.3 is 0 Å². The van der Waals surface area contributed by atoms with Gasteiger partial charge in [-0.15, -0.1) is 0 Å². The number of hydrogen-bond acceptors (Lipinski definition) is 5. The topological polar surface area (TPSA) is 104 Å². The summed E-state index contributed by atoms with van der Waals surface area (Å²) in [5.74, 6) is 3.88. The molecule has 0 aromatic carbocycles. The van der Waals surface area contributed by atoms with Crippen LogP contribution in [-0.4, -0.2) is 43.5 Å². The number of carbonyl (C=O) groups is 1. The van der Waals surface area contributed by atoms with Gasteiger partial charge < -0.3 is 15.3 Å². The molecule has 3 N–H and O–H groups in total. The molecule has 0 spiro atoms. The third kappa shape index (κ3) is 6.69. The highest BCUT2D eigenvalue weighted by Crippen LogP contribution is 2.68. The first-order valence-corrected chi connectivity index (χ1v) is 21.9. The fourth-order valence-electron chi connectivity index (χ4n) is 14.4. The third-order valence-corrected chi connectivity index (χ3v) is 17.3. The van der Waals surface area contributed by atoms with Crippen molar-refractivity contribution in [3.05, 3.63) is 95.6 Å². The zero-order valence-corrected chi connectivity index (χ0v) is 34.6. The van der Waals surface area contributed by atoms with Crippen LogP contribution in [0.4, 0.5) is 0 Å². The van der Waals surface area contributed by atoms with Crippen molar-refractivity contribution < 1.29 is 20.1 Å². The maximum absolute atomic E-state index is 10.2. The van der Waals surface area contributed by atoms with Gasteiger partial charge in [-0.25, -0.2) is 0 Å². The van der Waals surface area contributed by atoms with E-state index >= 15 is 0 Å². The zero-order valence-electron chi connectivity index (χ0n) is 34.6. The summed E-state index contributed by atoms with van der Waals surface area (Å²) in [5, 5.41) is 27.7. The first kappa shape index (κ1) is 39.5. The molecule has 6 heteroatoms. The van der Waals surface area contributed by atoms with Crippen molar-refractivity contribution in [3.63, 3.8) is 0 Å². The summed E-state index contributed by atoms with van der Waals surface area (Å²) >= 11 is 0. The number of aromatic nitrogens is 2. The van der Waals surface area contributed by atoms with E-state index < -0.39 is 5.97 Å². The fourth-order valence-corrected chi connectivity index (χ4v) is 14.4. The number of allylic oxidation sites excluding steroid dienone is 6. The largest absolute Gasteiger partial charge is 0.481 e. The number of aliphatic carboxylic acids is 1. The van der Waals surface area contributed by atoms with E-state index in [9.17, 15) is 10.2 Å². The molecule has 4 fully saturated rings. The second kappa shape index (κ2) is 15.1. The summed E-state index contributed by atoms with van der Waals surface area (Å²) in [5.41, 5.74) is 10.2. The number of aliphatic hydroxyl groups excluding tert-OH is 2. The Hall–Kier alpha value is -3.35. The van der Waals surface area contributed by atoms with E-state index in [0.717, 1.165) is 68.1 Å². The molecule has 0 bridgehead atoms. The summed E-state index contributed by atoms with van der Waals surface area (Å²) < 4.78 is 0. The number of aliphatic hydroxyl groups is 2. The van der Waals surface area contributed by atoms with Gasteiger partial charge in [0.25, 0.3) is 5.97 Å². The Bertz CT molecular complexity index is 1770. The molecule has 4 saturated carbocycles. The quantitative estimate of drug-likeness (QED) is 0.264. The normalized spacial score (nSPS) is 41.7. The van der Waals surface area contributed by atoms with Crippen LogP contribution in [0.1, 0.15) is 136 Å². The Morgan fingerprint density at radius 3 is 1.36 bits per heavy atom. The van der Waals surface area contributed by atoms with Gasteiger partial charge in [-0.2, -0.15) is 0 Å². The van der Waals surface area contributed by atoms with Crippen LogP contribution < -0.4 is 0 Å². The van der Waals surface area contributed by atoms with Crippen molar-refractivity contribution in [2.24, 2.45) is 57.2 Å². The molecule has 12 atom stereocenters. The molecule has 0 radical (unpaired) electrons. The molecule has 2 aromatic rings. The van der Waals surface area contributed by atoms with Crippen LogP contribution in [-0.2, 0) is 4.79 Å². The van der Waals surface area contributed by atoms with Gasteiger partial charge in [0.15, 0.2) is 0 Å². The number of hydrogen-bond donors (Lipinski definition) is 3. The van der Waals surface area contributed by atoms with E-state index in [4.69, 9.17) is 9.90 Å². The van der Waals surface area contributed by atoms with Crippen molar-refractivity contribution in [3.8, 4) is 0 Å². The summed E-state index contributed by atoms with van der Waals surface area (Å²) in [6.45, 7) is 11.1. The molecule has 8 aliphatic carbocycles. The molecule has 8 aliphatic rings. The first-order valence-electron chi connectivity index (χ1n) is 21.9. The van der Waals surface area contributed by atoms with Crippen molar-refractivity contribution in [2.75, 3.05) is 0 Å². The van der Waals surface area contributed by atoms with Crippen LogP contribution in [0.15, 0.2) is 84.5 Å². The summed E-state index contributed by atoms with van der Waals surface area (Å²) in [7, 11) is 0. The van der Waals surface area contributed by atoms with Gasteiger partial charge in [0, 0.05) is 31.7 Å². The Labute approximate surface area is 335 Å². The van der Waals surface area contributed by atoms with Gasteiger partial charge in [-0.05, 0) is 181 Å². The minimum atomic E-state index is -0.833. The molecule has 6 nitrogen and oxygen atoms in total. The Morgan fingerprint density at radius 2 is 0.982 bits per heavy atom. The van der Waals surface area contributed by atoms with Crippen LogP contribution >= 0.6 is 0 Å². The Kier molecular flexibility index (Phi) is 10.6. The molecular formula is C50H66N2O4. The molecule has 0 saturated heterocycles. The predicted octanol–water partition coefficient (Wildman–Crippen LogP) is 10.9. The molecule has 10 rings (SSSR count). The zero-order chi connectivity index (χ0) is 39.5. The van der Waals surface area contributed by atoms with Gasteiger partial charge in [-0.3, -0.25) is 14.8 Å². The van der Waals surface area contributed by atoms with Crippen molar-refractivity contribution in [1.82, 2.24) is 9.97 Å². The standard InChI is InChI=1S/2C24H31NO.C2H4O2/c2*1-23-11-9-18(26)14-17(23)5-6-19-21-8-7-20(16-4-3-13-25-15-16)24(21,2)12-10-22(19)23;1-2(3)4/h2*3-5,7,13,15,18-19,21-22,26H,6,8-12,14H2,1-2H3;1H3,(H,3,4)/t2*18-,19-,21-,22-,23-,24+;/m00./s1. The second-order valence-corrected chi connectivity index (χ2v) is 19.9. The maximum Gasteiger partial charge on any atom is 0.300 e. The summed E-state index contributed by atoms with van der Waals surface area (Å²) in [6.07, 6.45) is 34.0. The lowest BCUT2D eigenvalue weighted by Crippen LogP contribution is -2.49.